The van der Waals surface area contributed by atoms with Gasteiger partial charge in [-0.1, -0.05) is 12.1 Å². The lowest BCUT2D eigenvalue weighted by Crippen LogP contribution is -1.80. The molecule has 4 rings (SSSR count). The zero-order valence-corrected chi connectivity index (χ0v) is 11.4. The van der Waals surface area contributed by atoms with Gasteiger partial charge in [0.25, 0.3) is 0 Å². The van der Waals surface area contributed by atoms with Crippen LogP contribution in [0.25, 0.3) is 33.2 Å². The van der Waals surface area contributed by atoms with Crippen molar-refractivity contribution in [1.82, 2.24) is 20.2 Å². The first-order valence-electron chi connectivity index (χ1n) is 5.88. The van der Waals surface area contributed by atoms with Gasteiger partial charge in [0.15, 0.2) is 5.65 Å². The molecule has 3 aromatic heterocycles. The van der Waals surface area contributed by atoms with Crippen LogP contribution in [0.5, 0.6) is 0 Å². The van der Waals surface area contributed by atoms with E-state index in [-0.39, 0.29) is 0 Å². The minimum absolute atomic E-state index is 0.727. The molecule has 0 saturated carbocycles. The van der Waals surface area contributed by atoms with Crippen molar-refractivity contribution in [2.45, 2.75) is 0 Å². The van der Waals surface area contributed by atoms with E-state index in [4.69, 9.17) is 0 Å². The lowest BCUT2D eigenvalue weighted by atomic mass is 10.1. The molecule has 0 bridgehead atoms. The van der Waals surface area contributed by atoms with E-state index in [2.05, 4.69) is 60.4 Å². The minimum atomic E-state index is 0.727. The van der Waals surface area contributed by atoms with Gasteiger partial charge in [0.2, 0.25) is 0 Å². The number of hydrogen-bond donors (Lipinski definition) is 2. The predicted octanol–water partition coefficient (Wildman–Crippen LogP) is 3.87. The molecule has 0 unspecified atom stereocenters. The van der Waals surface area contributed by atoms with Crippen LogP contribution in [0.2, 0.25) is 0 Å². The second kappa shape index (κ2) is 3.93. The molecule has 0 aliphatic rings. The molecular formula is C14H9BrN4. The molecule has 92 valence electrons. The van der Waals surface area contributed by atoms with E-state index in [1.165, 1.54) is 5.39 Å². The highest BCUT2D eigenvalue weighted by Crippen LogP contribution is 2.29. The largest absolute Gasteiger partial charge is 0.361 e. The van der Waals surface area contributed by atoms with Crippen molar-refractivity contribution in [2.75, 3.05) is 0 Å². The third kappa shape index (κ3) is 1.66. The first-order chi connectivity index (χ1) is 9.31. The van der Waals surface area contributed by atoms with Crippen LogP contribution in [0.15, 0.2) is 47.2 Å². The molecular weight excluding hydrogens is 304 g/mol. The summed E-state index contributed by atoms with van der Waals surface area (Å²) < 4.78 is 0.948. The van der Waals surface area contributed by atoms with E-state index in [1.807, 2.05) is 12.3 Å². The van der Waals surface area contributed by atoms with Gasteiger partial charge in [-0.05, 0) is 39.5 Å². The van der Waals surface area contributed by atoms with Gasteiger partial charge in [0.1, 0.15) is 0 Å². The SMILES string of the molecule is Brc1cnc2n[nH]c(-c3ccc4cc[nH]c4c3)c2c1. The van der Waals surface area contributed by atoms with Gasteiger partial charge in [-0.3, -0.25) is 5.10 Å². The molecule has 1 aromatic carbocycles. The average molecular weight is 313 g/mol. The summed E-state index contributed by atoms with van der Waals surface area (Å²) in [6, 6.07) is 10.4. The van der Waals surface area contributed by atoms with Crippen LogP contribution in [0.1, 0.15) is 0 Å². The Balaban J connectivity index is 2.00. The van der Waals surface area contributed by atoms with Crippen LogP contribution < -0.4 is 0 Å². The summed E-state index contributed by atoms with van der Waals surface area (Å²) in [5.74, 6) is 0. The number of halogens is 1. The highest BCUT2D eigenvalue weighted by molar-refractivity contribution is 9.10. The lowest BCUT2D eigenvalue weighted by molar-refractivity contribution is 1.10. The monoisotopic (exact) mass is 312 g/mol. The summed E-state index contributed by atoms with van der Waals surface area (Å²) in [7, 11) is 0. The number of nitrogens with one attached hydrogen (secondary N) is 2. The second-order valence-corrected chi connectivity index (χ2v) is 5.32. The van der Waals surface area contributed by atoms with Crippen molar-refractivity contribution in [2.24, 2.45) is 0 Å². The van der Waals surface area contributed by atoms with Crippen LogP contribution in [-0.2, 0) is 0 Å². The second-order valence-electron chi connectivity index (χ2n) is 4.40. The standard InChI is InChI=1S/C14H9BrN4/c15-10-6-11-13(18-19-14(11)17-7-10)9-2-1-8-3-4-16-12(8)5-9/h1-7,16H,(H,17,18,19). The number of fused-ring (bicyclic) bond motifs is 2. The molecule has 0 radical (unpaired) electrons. The van der Waals surface area contributed by atoms with Crippen molar-refractivity contribution >= 4 is 37.9 Å². The summed E-state index contributed by atoms with van der Waals surface area (Å²) in [4.78, 5) is 7.50. The maximum atomic E-state index is 4.28. The Labute approximate surface area is 117 Å². The zero-order valence-electron chi connectivity index (χ0n) is 9.81. The van der Waals surface area contributed by atoms with Gasteiger partial charge in [-0.25, -0.2) is 4.98 Å². The molecule has 0 amide bonds. The Kier molecular flexibility index (Phi) is 2.22. The highest BCUT2D eigenvalue weighted by Gasteiger charge is 2.09. The van der Waals surface area contributed by atoms with Crippen LogP contribution in [-0.4, -0.2) is 20.2 Å². The van der Waals surface area contributed by atoms with Crippen LogP contribution in [0, 0.1) is 0 Å². The minimum Gasteiger partial charge on any atom is -0.361 e. The number of rotatable bonds is 1. The fourth-order valence-corrected chi connectivity index (χ4v) is 2.63. The van der Waals surface area contributed by atoms with Crippen molar-refractivity contribution in [3.63, 3.8) is 0 Å². The van der Waals surface area contributed by atoms with E-state index >= 15 is 0 Å². The number of benzene rings is 1. The first kappa shape index (κ1) is 10.8. The third-order valence-corrected chi connectivity index (χ3v) is 3.65. The smallest absolute Gasteiger partial charge is 0.181 e. The van der Waals surface area contributed by atoms with Gasteiger partial charge in [-0.2, -0.15) is 5.10 Å². The molecule has 0 aliphatic heterocycles. The number of hydrogen-bond acceptors (Lipinski definition) is 2. The predicted molar refractivity (Wildman–Crippen MR) is 78.9 cm³/mol. The molecule has 0 spiro atoms. The summed E-state index contributed by atoms with van der Waals surface area (Å²) in [5, 5.41) is 9.52. The van der Waals surface area contributed by atoms with Crippen molar-refractivity contribution in [3.05, 3.63) is 47.2 Å². The summed E-state index contributed by atoms with van der Waals surface area (Å²) in [5.41, 5.74) is 3.92. The summed E-state index contributed by atoms with van der Waals surface area (Å²) in [6.07, 6.45) is 3.69. The fourth-order valence-electron chi connectivity index (χ4n) is 2.30. The quantitative estimate of drug-likeness (QED) is 0.560. The Morgan fingerprint density at radius 1 is 1.11 bits per heavy atom. The van der Waals surface area contributed by atoms with E-state index in [1.54, 1.807) is 6.20 Å². The van der Waals surface area contributed by atoms with E-state index in [0.29, 0.717) is 0 Å². The van der Waals surface area contributed by atoms with Gasteiger partial charge in [0.05, 0.1) is 5.69 Å². The molecule has 19 heavy (non-hydrogen) atoms. The van der Waals surface area contributed by atoms with Crippen LogP contribution in [0.4, 0.5) is 0 Å². The normalized spacial score (nSPS) is 11.4. The zero-order chi connectivity index (χ0) is 12.8. The van der Waals surface area contributed by atoms with Crippen molar-refractivity contribution in [1.29, 1.82) is 0 Å². The fraction of sp³-hybridized carbons (Fsp3) is 0. The molecule has 2 N–H and O–H groups in total. The Morgan fingerprint density at radius 3 is 3.00 bits per heavy atom. The number of H-pyrrole nitrogens is 2. The first-order valence-corrected chi connectivity index (χ1v) is 6.68. The Bertz CT molecular complexity index is 891. The maximum Gasteiger partial charge on any atom is 0.181 e. The molecule has 0 fully saturated rings. The van der Waals surface area contributed by atoms with Crippen molar-refractivity contribution in [3.8, 4) is 11.3 Å². The van der Waals surface area contributed by atoms with E-state index in [9.17, 15) is 0 Å². The van der Waals surface area contributed by atoms with E-state index < -0.39 is 0 Å². The number of pyridine rings is 1. The van der Waals surface area contributed by atoms with Crippen LogP contribution >= 0.6 is 15.9 Å². The third-order valence-electron chi connectivity index (χ3n) is 3.22. The van der Waals surface area contributed by atoms with Gasteiger partial charge in [0, 0.05) is 33.3 Å². The number of aromatic nitrogens is 4. The summed E-state index contributed by atoms with van der Waals surface area (Å²) >= 11 is 3.45. The Hall–Kier alpha value is -2.14. The lowest BCUT2D eigenvalue weighted by Gasteiger charge is -2.00. The molecule has 3 heterocycles. The molecule has 4 nitrogen and oxygen atoms in total. The molecule has 0 saturated heterocycles. The van der Waals surface area contributed by atoms with Gasteiger partial charge in [-0.15, -0.1) is 0 Å². The highest BCUT2D eigenvalue weighted by atomic mass is 79.9. The van der Waals surface area contributed by atoms with E-state index in [0.717, 1.165) is 32.3 Å². The summed E-state index contributed by atoms with van der Waals surface area (Å²) in [6.45, 7) is 0. The topological polar surface area (TPSA) is 57.4 Å². The molecule has 5 heteroatoms. The maximum absolute atomic E-state index is 4.28. The molecule has 0 atom stereocenters. The van der Waals surface area contributed by atoms with Crippen molar-refractivity contribution < 1.29 is 0 Å². The number of aromatic amines is 2. The average Bonchev–Trinajstić information content (AvgIpc) is 3.03. The Morgan fingerprint density at radius 2 is 2.05 bits per heavy atom. The van der Waals surface area contributed by atoms with Crippen LogP contribution in [0.3, 0.4) is 0 Å². The molecule has 0 aliphatic carbocycles. The van der Waals surface area contributed by atoms with Gasteiger partial charge < -0.3 is 4.98 Å². The number of nitrogens with zero attached hydrogens (tertiary/aromatic N) is 2. The van der Waals surface area contributed by atoms with Gasteiger partial charge >= 0.3 is 0 Å². The molecule has 4 aromatic rings.